The minimum absolute atomic E-state index is 0.184. The number of benzene rings is 2. The summed E-state index contributed by atoms with van der Waals surface area (Å²) in [7, 11) is 0. The van der Waals surface area contributed by atoms with Crippen LogP contribution in [0.2, 0.25) is 0 Å². The maximum Gasteiger partial charge on any atom is 0.414 e. The van der Waals surface area contributed by atoms with Crippen LogP contribution in [-0.4, -0.2) is 38.6 Å². The van der Waals surface area contributed by atoms with E-state index in [1.165, 1.54) is 0 Å². The minimum Gasteiger partial charge on any atom is -0.454 e. The first-order chi connectivity index (χ1) is 13.7. The predicted octanol–water partition coefficient (Wildman–Crippen LogP) is 2.55. The number of anilines is 2. The summed E-state index contributed by atoms with van der Waals surface area (Å²) in [6.45, 7) is 1.33. The number of carbonyl (C=O) groups is 2. The molecule has 3 amide bonds. The highest BCUT2D eigenvalue weighted by atomic mass is 16.7. The highest BCUT2D eigenvalue weighted by Gasteiger charge is 2.23. The Labute approximate surface area is 161 Å². The van der Waals surface area contributed by atoms with Crippen LogP contribution in [0.3, 0.4) is 0 Å². The topological polar surface area (TPSA) is 89.1 Å². The van der Waals surface area contributed by atoms with Gasteiger partial charge in [-0.15, -0.1) is 0 Å². The van der Waals surface area contributed by atoms with Crippen LogP contribution in [0.4, 0.5) is 21.0 Å². The van der Waals surface area contributed by atoms with Crippen LogP contribution in [0.15, 0.2) is 42.5 Å². The highest BCUT2D eigenvalue weighted by molar-refractivity contribution is 5.90. The molecule has 1 fully saturated rings. The Kier molecular flexibility index (Phi) is 4.89. The fraction of sp³-hybridized carbons (Fsp3) is 0.200. The van der Waals surface area contributed by atoms with E-state index in [2.05, 4.69) is 22.5 Å². The Morgan fingerprint density at radius 3 is 2.68 bits per heavy atom. The maximum absolute atomic E-state index is 11.9. The van der Waals surface area contributed by atoms with E-state index in [-0.39, 0.29) is 25.5 Å². The number of urea groups is 1. The molecule has 2 aliphatic heterocycles. The monoisotopic (exact) mass is 379 g/mol. The number of ether oxygens (including phenoxy) is 3. The Morgan fingerprint density at radius 1 is 1.07 bits per heavy atom. The van der Waals surface area contributed by atoms with Crippen LogP contribution in [0.25, 0.3) is 0 Å². The summed E-state index contributed by atoms with van der Waals surface area (Å²) in [5.41, 5.74) is 2.16. The van der Waals surface area contributed by atoms with Crippen molar-refractivity contribution in [2.24, 2.45) is 0 Å². The fourth-order valence-corrected chi connectivity index (χ4v) is 2.77. The number of carbonyl (C=O) groups excluding carboxylic acids is 2. The molecule has 0 radical (unpaired) electrons. The van der Waals surface area contributed by atoms with Gasteiger partial charge in [0.15, 0.2) is 11.5 Å². The number of nitrogens with zero attached hydrogens (tertiary/aromatic N) is 1. The summed E-state index contributed by atoms with van der Waals surface area (Å²) in [5, 5.41) is 5.38. The molecule has 0 atom stereocenters. The number of fused-ring (bicyclic) bond motifs is 1. The van der Waals surface area contributed by atoms with E-state index in [1.807, 2.05) is 24.3 Å². The van der Waals surface area contributed by atoms with Gasteiger partial charge in [-0.05, 0) is 36.4 Å². The summed E-state index contributed by atoms with van der Waals surface area (Å²) in [6.07, 6.45) is -0.337. The molecular weight excluding hydrogens is 362 g/mol. The average molecular weight is 379 g/mol. The molecule has 2 aliphatic rings. The molecule has 2 heterocycles. The van der Waals surface area contributed by atoms with Crippen LogP contribution in [0, 0.1) is 11.8 Å². The summed E-state index contributed by atoms with van der Waals surface area (Å²) < 4.78 is 15.4. The zero-order chi connectivity index (χ0) is 19.3. The predicted molar refractivity (Wildman–Crippen MR) is 102 cm³/mol. The number of amides is 3. The molecule has 142 valence electrons. The van der Waals surface area contributed by atoms with Crippen molar-refractivity contribution in [2.75, 3.05) is 36.7 Å². The lowest BCUT2D eigenvalue weighted by Gasteiger charge is -2.11. The molecule has 2 aromatic carbocycles. The van der Waals surface area contributed by atoms with Crippen molar-refractivity contribution in [3.05, 3.63) is 48.0 Å². The third-order valence-corrected chi connectivity index (χ3v) is 4.14. The molecule has 1 saturated heterocycles. The maximum atomic E-state index is 11.9. The third kappa shape index (κ3) is 3.94. The first-order valence-electron chi connectivity index (χ1n) is 8.67. The SMILES string of the molecule is O=C(NCC#Cc1ccc(N2CCOC2=O)cc1)Nc1ccc2c(c1)OCO2. The first kappa shape index (κ1) is 17.5. The number of cyclic esters (lactones) is 1. The molecule has 8 nitrogen and oxygen atoms in total. The third-order valence-electron chi connectivity index (χ3n) is 4.14. The summed E-state index contributed by atoms with van der Waals surface area (Å²) in [5.74, 6) is 7.11. The molecular formula is C20H17N3O5. The Bertz CT molecular complexity index is 962. The van der Waals surface area contributed by atoms with Crippen molar-refractivity contribution in [2.45, 2.75) is 0 Å². The van der Waals surface area contributed by atoms with Gasteiger partial charge in [-0.1, -0.05) is 11.8 Å². The normalized spacial score (nSPS) is 14.1. The largest absolute Gasteiger partial charge is 0.454 e. The van der Waals surface area contributed by atoms with Crippen molar-refractivity contribution in [3.8, 4) is 23.3 Å². The second-order valence-corrected chi connectivity index (χ2v) is 5.99. The molecule has 0 bridgehead atoms. The lowest BCUT2D eigenvalue weighted by atomic mass is 10.2. The molecule has 2 N–H and O–H groups in total. The van der Waals surface area contributed by atoms with Crippen molar-refractivity contribution in [1.82, 2.24) is 5.32 Å². The van der Waals surface area contributed by atoms with Gasteiger partial charge in [0, 0.05) is 23.0 Å². The average Bonchev–Trinajstić information content (AvgIpc) is 3.34. The fourth-order valence-electron chi connectivity index (χ4n) is 2.77. The van der Waals surface area contributed by atoms with Crippen LogP contribution in [-0.2, 0) is 4.74 Å². The number of hydrogen-bond acceptors (Lipinski definition) is 5. The zero-order valence-electron chi connectivity index (χ0n) is 14.9. The summed E-state index contributed by atoms with van der Waals surface area (Å²) in [4.78, 5) is 25.0. The summed E-state index contributed by atoms with van der Waals surface area (Å²) in [6, 6.07) is 12.1. The van der Waals surface area contributed by atoms with Gasteiger partial charge >= 0.3 is 12.1 Å². The Morgan fingerprint density at radius 2 is 1.89 bits per heavy atom. The molecule has 0 aromatic heterocycles. The van der Waals surface area contributed by atoms with Crippen molar-refractivity contribution < 1.29 is 23.8 Å². The lowest BCUT2D eigenvalue weighted by Crippen LogP contribution is -2.28. The minimum atomic E-state index is -0.365. The van der Waals surface area contributed by atoms with Gasteiger partial charge in [-0.3, -0.25) is 4.90 Å². The summed E-state index contributed by atoms with van der Waals surface area (Å²) >= 11 is 0. The Balaban J connectivity index is 1.26. The molecule has 0 saturated carbocycles. The van der Waals surface area contributed by atoms with Crippen LogP contribution in [0.1, 0.15) is 5.56 Å². The first-order valence-corrected chi connectivity index (χ1v) is 8.67. The van der Waals surface area contributed by atoms with Gasteiger partial charge in [0.05, 0.1) is 13.1 Å². The molecule has 2 aromatic rings. The van der Waals surface area contributed by atoms with Crippen molar-refractivity contribution in [1.29, 1.82) is 0 Å². The van der Waals surface area contributed by atoms with Gasteiger partial charge in [0.2, 0.25) is 6.79 Å². The van der Waals surface area contributed by atoms with Crippen LogP contribution in [0.5, 0.6) is 11.5 Å². The van der Waals surface area contributed by atoms with Crippen LogP contribution >= 0.6 is 0 Å². The zero-order valence-corrected chi connectivity index (χ0v) is 14.9. The molecule has 0 spiro atoms. The second kappa shape index (κ2) is 7.80. The van der Waals surface area contributed by atoms with E-state index >= 15 is 0 Å². The van der Waals surface area contributed by atoms with Crippen LogP contribution < -0.4 is 25.0 Å². The highest BCUT2D eigenvalue weighted by Crippen LogP contribution is 2.34. The van der Waals surface area contributed by atoms with E-state index in [0.29, 0.717) is 30.3 Å². The van der Waals surface area contributed by atoms with Gasteiger partial charge in [0.25, 0.3) is 0 Å². The molecule has 28 heavy (non-hydrogen) atoms. The number of hydrogen-bond donors (Lipinski definition) is 2. The smallest absolute Gasteiger partial charge is 0.414 e. The standard InChI is InChI=1S/C20H17N3O5/c24-19(22-15-5-8-17-18(12-15)28-13-27-17)21-9-1-2-14-3-6-16(7-4-14)23-10-11-26-20(23)25/h3-8,12H,9-11,13H2,(H2,21,22,24). The number of nitrogens with one attached hydrogen (secondary N) is 2. The quantitative estimate of drug-likeness (QED) is 0.800. The van der Waals surface area contributed by atoms with E-state index in [1.54, 1.807) is 23.1 Å². The van der Waals surface area contributed by atoms with E-state index < -0.39 is 0 Å². The van der Waals surface area contributed by atoms with Gasteiger partial charge in [0.1, 0.15) is 6.61 Å². The molecule has 4 rings (SSSR count). The van der Waals surface area contributed by atoms with E-state index in [9.17, 15) is 9.59 Å². The number of rotatable bonds is 3. The second-order valence-electron chi connectivity index (χ2n) is 5.99. The van der Waals surface area contributed by atoms with E-state index in [0.717, 1.165) is 11.3 Å². The molecule has 0 aliphatic carbocycles. The van der Waals surface area contributed by atoms with E-state index in [4.69, 9.17) is 14.2 Å². The molecule has 0 unspecified atom stereocenters. The Hall–Kier alpha value is -3.86. The van der Waals surface area contributed by atoms with Gasteiger partial charge in [-0.25, -0.2) is 9.59 Å². The van der Waals surface area contributed by atoms with Crippen molar-refractivity contribution in [3.63, 3.8) is 0 Å². The molecule has 8 heteroatoms. The van der Waals surface area contributed by atoms with Gasteiger partial charge < -0.3 is 24.8 Å². The lowest BCUT2D eigenvalue weighted by molar-refractivity contribution is 0.174. The van der Waals surface area contributed by atoms with Gasteiger partial charge in [-0.2, -0.15) is 0 Å². The van der Waals surface area contributed by atoms with Crippen molar-refractivity contribution >= 4 is 23.5 Å².